The highest BCUT2D eigenvalue weighted by atomic mass is 35.5. The summed E-state index contributed by atoms with van der Waals surface area (Å²) in [6.45, 7) is 4.01. The van der Waals surface area contributed by atoms with Gasteiger partial charge < -0.3 is 20.2 Å². The Labute approximate surface area is 353 Å². The van der Waals surface area contributed by atoms with Gasteiger partial charge in [-0.3, -0.25) is 19.8 Å². The number of sulfonamides is 1. The molecule has 1 fully saturated rings. The van der Waals surface area contributed by atoms with Gasteiger partial charge in [-0.25, -0.2) is 17.9 Å². The van der Waals surface area contributed by atoms with E-state index < -0.39 is 37.4 Å². The third kappa shape index (κ3) is 11.6. The number of nitro benzene ring substituents is 1. The number of carboxylic acids is 1. The molecule has 0 bridgehead atoms. The second-order valence-corrected chi connectivity index (χ2v) is 17.6. The van der Waals surface area contributed by atoms with Crippen molar-refractivity contribution in [2.75, 3.05) is 62.8 Å². The maximum Gasteiger partial charge on any atom is 0.335 e. The van der Waals surface area contributed by atoms with E-state index in [9.17, 15) is 33.2 Å². The highest BCUT2D eigenvalue weighted by molar-refractivity contribution is 7.99. The lowest BCUT2D eigenvalue weighted by atomic mass is 9.97. The van der Waals surface area contributed by atoms with Crippen molar-refractivity contribution in [3.8, 4) is 11.1 Å². The standard InChI is InChI=1S/C43H45ClN6O7S2/c1-47(2)21-20-35(29-58-37-6-4-3-5-7-37)45-40-19-17-38(27-41(40)50(54)55)59(56,57)46-42(51)31-10-15-36(16-11-31)49-24-22-48(23-25-49)28-33-26-32(43(52)53)12-18-39(33)30-8-13-34(44)14-9-30/h3-19,26-27,35,45H,20-25,28-29H2,1-2H3,(H,46,51)(H,52,53)/t35-/m1/s1. The van der Waals surface area contributed by atoms with Gasteiger partial charge >= 0.3 is 5.97 Å². The third-order valence-corrected chi connectivity index (χ3v) is 12.7. The lowest BCUT2D eigenvalue weighted by Gasteiger charge is -2.36. The van der Waals surface area contributed by atoms with Crippen LogP contribution in [0.1, 0.15) is 32.7 Å². The normalized spacial score (nSPS) is 13.9. The van der Waals surface area contributed by atoms with Crippen molar-refractivity contribution in [3.05, 3.63) is 147 Å². The van der Waals surface area contributed by atoms with E-state index in [2.05, 4.69) is 19.8 Å². The van der Waals surface area contributed by atoms with E-state index in [1.54, 1.807) is 60.3 Å². The Kier molecular flexibility index (Phi) is 14.3. The van der Waals surface area contributed by atoms with Crippen molar-refractivity contribution in [2.24, 2.45) is 0 Å². The van der Waals surface area contributed by atoms with Gasteiger partial charge in [0.25, 0.3) is 21.6 Å². The summed E-state index contributed by atoms with van der Waals surface area (Å²) in [4.78, 5) is 43.6. The summed E-state index contributed by atoms with van der Waals surface area (Å²) in [5, 5.41) is 25.7. The summed E-state index contributed by atoms with van der Waals surface area (Å²) in [6, 6.07) is 32.4. The first-order chi connectivity index (χ1) is 28.3. The summed E-state index contributed by atoms with van der Waals surface area (Å²) in [5.41, 5.74) is 3.72. The van der Waals surface area contributed by atoms with E-state index in [1.165, 1.54) is 12.1 Å². The topological polar surface area (TPSA) is 165 Å². The second-order valence-electron chi connectivity index (χ2n) is 14.4. The number of nitrogens with one attached hydrogen (secondary N) is 2. The minimum absolute atomic E-state index is 0.108. The van der Waals surface area contributed by atoms with Crippen LogP contribution in [0.5, 0.6) is 0 Å². The molecule has 5 aromatic rings. The number of rotatable bonds is 17. The molecule has 6 rings (SSSR count). The Balaban J connectivity index is 1.07. The highest BCUT2D eigenvalue weighted by Gasteiger charge is 2.26. The summed E-state index contributed by atoms with van der Waals surface area (Å²) < 4.78 is 28.8. The lowest BCUT2D eigenvalue weighted by Crippen LogP contribution is -2.46. The van der Waals surface area contributed by atoms with Gasteiger partial charge in [-0.2, -0.15) is 0 Å². The van der Waals surface area contributed by atoms with Gasteiger partial charge in [-0.15, -0.1) is 11.8 Å². The number of nitro groups is 1. The summed E-state index contributed by atoms with van der Waals surface area (Å²) >= 11 is 7.72. The summed E-state index contributed by atoms with van der Waals surface area (Å²) in [7, 11) is -0.572. The molecule has 1 atom stereocenters. The van der Waals surface area contributed by atoms with Crippen LogP contribution in [0.4, 0.5) is 17.1 Å². The average Bonchev–Trinajstić information content (AvgIpc) is 3.22. The quantitative estimate of drug-likeness (QED) is 0.0478. The van der Waals surface area contributed by atoms with Crippen molar-refractivity contribution < 1.29 is 28.0 Å². The molecule has 5 aromatic carbocycles. The van der Waals surface area contributed by atoms with Crippen molar-refractivity contribution in [1.29, 1.82) is 0 Å². The Morgan fingerprint density at radius 3 is 2.22 bits per heavy atom. The van der Waals surface area contributed by atoms with Gasteiger partial charge in [0.1, 0.15) is 5.69 Å². The van der Waals surface area contributed by atoms with Crippen LogP contribution in [0.3, 0.4) is 0 Å². The molecule has 1 saturated heterocycles. The monoisotopic (exact) mass is 856 g/mol. The van der Waals surface area contributed by atoms with Gasteiger partial charge in [0.05, 0.1) is 15.4 Å². The number of hydrogen-bond acceptors (Lipinski definition) is 11. The van der Waals surface area contributed by atoms with Gasteiger partial charge in [-0.05, 0) is 117 Å². The van der Waals surface area contributed by atoms with Crippen LogP contribution in [-0.4, -0.2) is 98.7 Å². The molecule has 0 spiro atoms. The van der Waals surface area contributed by atoms with Crippen LogP contribution in [-0.2, 0) is 16.6 Å². The third-order valence-electron chi connectivity index (χ3n) is 9.95. The average molecular weight is 857 g/mol. The summed E-state index contributed by atoms with van der Waals surface area (Å²) in [5.74, 6) is -1.24. The van der Waals surface area contributed by atoms with Crippen molar-refractivity contribution in [2.45, 2.75) is 28.8 Å². The predicted octanol–water partition coefficient (Wildman–Crippen LogP) is 7.58. The molecule has 0 radical (unpaired) electrons. The Morgan fingerprint density at radius 2 is 1.58 bits per heavy atom. The SMILES string of the molecule is CN(C)CC[C@H](CSc1ccccc1)Nc1ccc(S(=O)(=O)NC(=O)c2ccc(N3CCN(Cc4cc(C(=O)O)ccc4-c4ccc(Cl)cc4)CC3)cc2)cc1[N+](=O)[O-]. The molecule has 1 aliphatic rings. The highest BCUT2D eigenvalue weighted by Crippen LogP contribution is 2.31. The number of piperazine rings is 1. The molecule has 13 nitrogen and oxygen atoms in total. The molecule has 308 valence electrons. The van der Waals surface area contributed by atoms with Gasteiger partial charge in [0.2, 0.25) is 0 Å². The molecule has 16 heteroatoms. The fraction of sp³-hybridized carbons (Fsp3) is 0.256. The van der Waals surface area contributed by atoms with Crippen LogP contribution < -0.4 is 14.9 Å². The predicted molar refractivity (Wildman–Crippen MR) is 233 cm³/mol. The van der Waals surface area contributed by atoms with Crippen molar-refractivity contribution >= 4 is 62.3 Å². The fourth-order valence-corrected chi connectivity index (χ4v) is 8.85. The molecular weight excluding hydrogens is 812 g/mol. The number of benzene rings is 5. The fourth-order valence-electron chi connectivity index (χ4n) is 6.73. The van der Waals surface area contributed by atoms with E-state index in [-0.39, 0.29) is 22.9 Å². The Morgan fingerprint density at radius 1 is 0.898 bits per heavy atom. The number of nitrogens with zero attached hydrogens (tertiary/aromatic N) is 4. The Bertz CT molecular complexity index is 2380. The molecule has 3 N–H and O–H groups in total. The number of halogens is 1. The zero-order chi connectivity index (χ0) is 42.1. The largest absolute Gasteiger partial charge is 0.478 e. The minimum atomic E-state index is -4.47. The minimum Gasteiger partial charge on any atom is -0.478 e. The van der Waals surface area contributed by atoms with E-state index in [0.29, 0.717) is 49.9 Å². The molecule has 1 heterocycles. The number of hydrogen-bond donors (Lipinski definition) is 3. The number of amides is 1. The molecule has 0 aliphatic carbocycles. The molecule has 0 saturated carbocycles. The first-order valence-electron chi connectivity index (χ1n) is 18.9. The van der Waals surface area contributed by atoms with Gasteiger partial charge in [-0.1, -0.05) is 48.0 Å². The number of aromatic carboxylic acids is 1. The van der Waals surface area contributed by atoms with Crippen LogP contribution in [0.2, 0.25) is 5.02 Å². The number of anilines is 2. The second kappa shape index (κ2) is 19.5. The number of carbonyl (C=O) groups excluding carboxylic acids is 1. The maximum absolute atomic E-state index is 13.4. The first-order valence-corrected chi connectivity index (χ1v) is 21.7. The number of carbonyl (C=O) groups is 2. The Hall–Kier alpha value is -5.45. The van der Waals surface area contributed by atoms with Gasteiger partial charge in [0.15, 0.2) is 0 Å². The molecule has 1 aliphatic heterocycles. The first kappa shape index (κ1) is 43.1. The molecule has 0 aromatic heterocycles. The smallest absolute Gasteiger partial charge is 0.335 e. The molecule has 1 amide bonds. The van der Waals surface area contributed by atoms with Crippen molar-refractivity contribution in [3.63, 3.8) is 0 Å². The van der Waals surface area contributed by atoms with Crippen molar-refractivity contribution in [1.82, 2.24) is 14.5 Å². The molecule has 0 unspecified atom stereocenters. The molecular formula is C43H45ClN6O7S2. The van der Waals surface area contributed by atoms with Crippen LogP contribution >= 0.6 is 23.4 Å². The van der Waals surface area contributed by atoms with Crippen LogP contribution in [0.15, 0.2) is 125 Å². The van der Waals surface area contributed by atoms with Crippen LogP contribution in [0, 0.1) is 10.1 Å². The van der Waals surface area contributed by atoms with Crippen LogP contribution in [0.25, 0.3) is 11.1 Å². The maximum atomic E-state index is 13.4. The zero-order valence-electron chi connectivity index (χ0n) is 32.6. The number of thioether (sulfide) groups is 1. The lowest BCUT2D eigenvalue weighted by molar-refractivity contribution is -0.384. The van der Waals surface area contributed by atoms with E-state index in [0.717, 1.165) is 39.9 Å². The van der Waals surface area contributed by atoms with Gasteiger partial charge in [0, 0.05) is 71.8 Å². The van der Waals surface area contributed by atoms with E-state index >= 15 is 0 Å². The summed E-state index contributed by atoms with van der Waals surface area (Å²) in [6.07, 6.45) is 0.687. The molecule has 59 heavy (non-hydrogen) atoms. The zero-order valence-corrected chi connectivity index (χ0v) is 35.0. The number of carboxylic acid groups (broad SMARTS) is 1. The van der Waals surface area contributed by atoms with E-state index in [1.807, 2.05) is 67.5 Å². The van der Waals surface area contributed by atoms with E-state index in [4.69, 9.17) is 11.6 Å².